The summed E-state index contributed by atoms with van der Waals surface area (Å²) in [5.74, 6) is 0.888. The molecule has 0 radical (unpaired) electrons. The highest BCUT2D eigenvalue weighted by molar-refractivity contribution is 5.49. The van der Waals surface area contributed by atoms with Crippen LogP contribution in [0.1, 0.15) is 12.5 Å². The lowest BCUT2D eigenvalue weighted by molar-refractivity contribution is 0.340. The van der Waals surface area contributed by atoms with E-state index in [2.05, 4.69) is 0 Å². The third-order valence-corrected chi connectivity index (χ3v) is 1.55. The van der Waals surface area contributed by atoms with E-state index in [4.69, 9.17) is 10.5 Å². The summed E-state index contributed by atoms with van der Waals surface area (Å²) >= 11 is 0. The molecule has 0 aliphatic heterocycles. The molecule has 2 N–H and O–H groups in total. The molecule has 2 nitrogen and oxygen atoms in total. The first-order valence-corrected chi connectivity index (χ1v) is 3.73. The Balaban J connectivity index is 2.86. The summed E-state index contributed by atoms with van der Waals surface area (Å²) in [5.41, 5.74) is 7.51. The fourth-order valence-corrected chi connectivity index (χ4v) is 0.905. The van der Waals surface area contributed by atoms with Crippen LogP contribution in [0.25, 0.3) is 0 Å². The van der Waals surface area contributed by atoms with Crippen molar-refractivity contribution in [2.75, 3.05) is 12.3 Å². The summed E-state index contributed by atoms with van der Waals surface area (Å²) < 4.78 is 5.29. The van der Waals surface area contributed by atoms with Crippen LogP contribution in [0, 0.1) is 6.92 Å². The molecule has 0 saturated heterocycles. The first-order chi connectivity index (χ1) is 5.24. The molecule has 11 heavy (non-hydrogen) atoms. The van der Waals surface area contributed by atoms with Crippen LogP contribution in [0.2, 0.25) is 0 Å². The summed E-state index contributed by atoms with van der Waals surface area (Å²) in [4.78, 5) is 0. The summed E-state index contributed by atoms with van der Waals surface area (Å²) in [5, 5.41) is 0. The largest absolute Gasteiger partial charge is 0.494 e. The maximum atomic E-state index is 5.63. The van der Waals surface area contributed by atoms with E-state index >= 15 is 0 Å². The topological polar surface area (TPSA) is 35.2 Å². The molecule has 0 bridgehead atoms. The molecule has 1 aromatic carbocycles. The smallest absolute Gasteiger partial charge is 0.119 e. The number of hydrogen-bond acceptors (Lipinski definition) is 2. The first kappa shape index (κ1) is 7.92. The number of nitrogen functional groups attached to an aromatic ring is 1. The van der Waals surface area contributed by atoms with Crippen molar-refractivity contribution in [1.29, 1.82) is 0 Å². The quantitative estimate of drug-likeness (QED) is 0.656. The van der Waals surface area contributed by atoms with Crippen LogP contribution >= 0.6 is 0 Å². The molecule has 60 valence electrons. The fourth-order valence-electron chi connectivity index (χ4n) is 0.905. The molecule has 0 unspecified atom stereocenters. The molecule has 0 aromatic heterocycles. The van der Waals surface area contributed by atoms with Crippen LogP contribution in [0.3, 0.4) is 0 Å². The molecule has 0 amide bonds. The average molecular weight is 151 g/mol. The molecule has 2 heteroatoms. The van der Waals surface area contributed by atoms with Gasteiger partial charge in [-0.05, 0) is 37.6 Å². The van der Waals surface area contributed by atoms with Gasteiger partial charge in [0.05, 0.1) is 6.61 Å². The van der Waals surface area contributed by atoms with Crippen molar-refractivity contribution in [3.8, 4) is 5.75 Å². The van der Waals surface area contributed by atoms with E-state index in [1.807, 2.05) is 32.0 Å². The van der Waals surface area contributed by atoms with E-state index in [0.29, 0.717) is 6.61 Å². The molecule has 1 aromatic rings. The Morgan fingerprint density at radius 1 is 1.45 bits per heavy atom. The van der Waals surface area contributed by atoms with E-state index in [9.17, 15) is 0 Å². The number of anilines is 1. The Morgan fingerprint density at radius 2 is 2.18 bits per heavy atom. The average Bonchev–Trinajstić information content (AvgIpc) is 1.98. The van der Waals surface area contributed by atoms with Gasteiger partial charge in [0.1, 0.15) is 5.75 Å². The van der Waals surface area contributed by atoms with E-state index < -0.39 is 0 Å². The normalized spacial score (nSPS) is 9.64. The predicted octanol–water partition coefficient (Wildman–Crippen LogP) is 1.98. The van der Waals surface area contributed by atoms with Gasteiger partial charge in [-0.3, -0.25) is 0 Å². The van der Waals surface area contributed by atoms with E-state index in [1.165, 1.54) is 0 Å². The zero-order valence-corrected chi connectivity index (χ0v) is 6.92. The lowest BCUT2D eigenvalue weighted by atomic mass is 10.2. The Morgan fingerprint density at radius 3 is 2.73 bits per heavy atom. The second-order valence-corrected chi connectivity index (χ2v) is 2.45. The summed E-state index contributed by atoms with van der Waals surface area (Å²) in [6.07, 6.45) is 0. The Labute approximate surface area is 67.0 Å². The zero-order chi connectivity index (χ0) is 8.27. The van der Waals surface area contributed by atoms with Gasteiger partial charge < -0.3 is 10.5 Å². The molecule has 0 saturated carbocycles. The molecule has 0 atom stereocenters. The van der Waals surface area contributed by atoms with Crippen LogP contribution in [-0.4, -0.2) is 6.61 Å². The molecular weight excluding hydrogens is 138 g/mol. The van der Waals surface area contributed by atoms with Gasteiger partial charge in [-0.15, -0.1) is 0 Å². The van der Waals surface area contributed by atoms with Gasteiger partial charge in [0.2, 0.25) is 0 Å². The van der Waals surface area contributed by atoms with Gasteiger partial charge in [0, 0.05) is 5.69 Å². The molecule has 0 fully saturated rings. The first-order valence-electron chi connectivity index (χ1n) is 3.73. The fraction of sp³-hybridized carbons (Fsp3) is 0.333. The van der Waals surface area contributed by atoms with Crippen molar-refractivity contribution in [2.45, 2.75) is 13.8 Å². The maximum Gasteiger partial charge on any atom is 0.119 e. The second-order valence-electron chi connectivity index (χ2n) is 2.45. The summed E-state index contributed by atoms with van der Waals surface area (Å²) in [7, 11) is 0. The maximum absolute atomic E-state index is 5.63. The number of hydrogen-bond donors (Lipinski definition) is 1. The molecule has 0 aliphatic rings. The number of ether oxygens (including phenoxy) is 1. The van der Waals surface area contributed by atoms with E-state index in [0.717, 1.165) is 17.0 Å². The monoisotopic (exact) mass is 151 g/mol. The number of nitrogens with two attached hydrogens (primary N) is 1. The van der Waals surface area contributed by atoms with Crippen LogP contribution in [-0.2, 0) is 0 Å². The predicted molar refractivity (Wildman–Crippen MR) is 46.8 cm³/mol. The highest BCUT2D eigenvalue weighted by Crippen LogP contribution is 2.18. The standard InChI is InChI=1S/C9H13NO/c1-3-11-8-4-5-9(10)7(2)6-8/h4-6H,3,10H2,1-2H3. The van der Waals surface area contributed by atoms with Gasteiger partial charge in [-0.25, -0.2) is 0 Å². The SMILES string of the molecule is CCOc1ccc(N)c(C)c1. The molecule has 1 rings (SSSR count). The highest BCUT2D eigenvalue weighted by atomic mass is 16.5. The van der Waals surface area contributed by atoms with Crippen LogP contribution in [0.4, 0.5) is 5.69 Å². The highest BCUT2D eigenvalue weighted by Gasteiger charge is 1.95. The minimum Gasteiger partial charge on any atom is -0.494 e. The van der Waals surface area contributed by atoms with Gasteiger partial charge >= 0.3 is 0 Å². The van der Waals surface area contributed by atoms with Crippen molar-refractivity contribution in [3.63, 3.8) is 0 Å². The second kappa shape index (κ2) is 3.28. The Bertz CT molecular complexity index is 245. The van der Waals surface area contributed by atoms with Gasteiger partial charge in [0.25, 0.3) is 0 Å². The van der Waals surface area contributed by atoms with Gasteiger partial charge in [-0.1, -0.05) is 0 Å². The lowest BCUT2D eigenvalue weighted by Gasteiger charge is -2.04. The molecular formula is C9H13NO. The van der Waals surface area contributed by atoms with Gasteiger partial charge in [0.15, 0.2) is 0 Å². The summed E-state index contributed by atoms with van der Waals surface area (Å²) in [6.45, 7) is 4.63. The Hall–Kier alpha value is -1.18. The van der Waals surface area contributed by atoms with Gasteiger partial charge in [-0.2, -0.15) is 0 Å². The van der Waals surface area contributed by atoms with Crippen LogP contribution < -0.4 is 10.5 Å². The van der Waals surface area contributed by atoms with Crippen molar-refractivity contribution < 1.29 is 4.74 Å². The molecule has 0 aliphatic carbocycles. The van der Waals surface area contributed by atoms with Crippen molar-refractivity contribution in [1.82, 2.24) is 0 Å². The Kier molecular flexibility index (Phi) is 2.36. The van der Waals surface area contributed by atoms with Crippen molar-refractivity contribution in [2.24, 2.45) is 0 Å². The van der Waals surface area contributed by atoms with Crippen molar-refractivity contribution >= 4 is 5.69 Å². The zero-order valence-electron chi connectivity index (χ0n) is 6.92. The minimum atomic E-state index is 0.698. The van der Waals surface area contributed by atoms with Crippen molar-refractivity contribution in [3.05, 3.63) is 23.8 Å². The lowest BCUT2D eigenvalue weighted by Crippen LogP contribution is -1.94. The third kappa shape index (κ3) is 1.87. The van der Waals surface area contributed by atoms with E-state index in [-0.39, 0.29) is 0 Å². The summed E-state index contributed by atoms with van der Waals surface area (Å²) in [6, 6.07) is 5.69. The van der Waals surface area contributed by atoms with Crippen LogP contribution in [0.5, 0.6) is 5.75 Å². The van der Waals surface area contributed by atoms with Crippen LogP contribution in [0.15, 0.2) is 18.2 Å². The minimum absolute atomic E-state index is 0.698. The third-order valence-electron chi connectivity index (χ3n) is 1.55. The van der Waals surface area contributed by atoms with E-state index in [1.54, 1.807) is 0 Å². The molecule has 0 spiro atoms. The number of benzene rings is 1. The number of aryl methyl sites for hydroxylation is 1. The number of rotatable bonds is 2. The molecule has 0 heterocycles.